The van der Waals surface area contributed by atoms with Gasteiger partial charge in [-0.15, -0.1) is 11.3 Å². The van der Waals surface area contributed by atoms with E-state index in [1.54, 1.807) is 18.4 Å². The number of hydrogen-bond donors (Lipinski definition) is 0. The number of thiazole rings is 1. The van der Waals surface area contributed by atoms with Crippen LogP contribution in [0.2, 0.25) is 0 Å². The maximum atomic E-state index is 13.1. The first-order chi connectivity index (χ1) is 12.6. The summed E-state index contributed by atoms with van der Waals surface area (Å²) in [5, 5.41) is 3.24. The molecular weight excluding hydrogens is 346 g/mol. The van der Waals surface area contributed by atoms with Crippen molar-refractivity contribution in [3.8, 4) is 5.75 Å². The van der Waals surface area contributed by atoms with E-state index in [1.807, 2.05) is 30.0 Å². The van der Waals surface area contributed by atoms with Crippen LogP contribution in [0.3, 0.4) is 0 Å². The predicted octanol–water partition coefficient (Wildman–Crippen LogP) is 3.08. The molecule has 26 heavy (non-hydrogen) atoms. The lowest BCUT2D eigenvalue weighted by molar-refractivity contribution is -0.136. The van der Waals surface area contributed by atoms with Crippen LogP contribution in [0.25, 0.3) is 0 Å². The van der Waals surface area contributed by atoms with Gasteiger partial charge in [-0.2, -0.15) is 0 Å². The molecule has 2 aliphatic heterocycles. The maximum absolute atomic E-state index is 13.1. The van der Waals surface area contributed by atoms with Crippen LogP contribution in [-0.4, -0.2) is 47.4 Å². The Balaban J connectivity index is 1.40. The predicted molar refractivity (Wildman–Crippen MR) is 102 cm³/mol. The van der Waals surface area contributed by atoms with Gasteiger partial charge in [-0.3, -0.25) is 9.69 Å². The van der Waals surface area contributed by atoms with Crippen LogP contribution in [0.5, 0.6) is 5.75 Å². The first-order valence-corrected chi connectivity index (χ1v) is 10.0. The minimum atomic E-state index is -0.191. The fourth-order valence-electron chi connectivity index (χ4n) is 4.22. The van der Waals surface area contributed by atoms with Gasteiger partial charge in [0.2, 0.25) is 5.91 Å². The summed E-state index contributed by atoms with van der Waals surface area (Å²) in [6.45, 7) is 6.25. The normalized spacial score (nSPS) is 23.3. The molecule has 0 unspecified atom stereocenters. The van der Waals surface area contributed by atoms with Crippen LogP contribution in [0, 0.1) is 12.3 Å². The number of aryl methyl sites for hydroxylation is 1. The summed E-state index contributed by atoms with van der Waals surface area (Å²) in [5.41, 5.74) is 2.06. The fraction of sp³-hybridized carbons (Fsp3) is 0.500. The van der Waals surface area contributed by atoms with E-state index in [2.05, 4.69) is 21.3 Å². The molecule has 2 fully saturated rings. The van der Waals surface area contributed by atoms with Gasteiger partial charge in [0.05, 0.1) is 23.2 Å². The summed E-state index contributed by atoms with van der Waals surface area (Å²) >= 11 is 1.69. The minimum Gasteiger partial charge on any atom is -0.497 e. The third-order valence-corrected chi connectivity index (χ3v) is 6.42. The summed E-state index contributed by atoms with van der Waals surface area (Å²) < 4.78 is 5.30. The van der Waals surface area contributed by atoms with Crippen molar-refractivity contribution in [2.45, 2.75) is 32.9 Å². The topological polar surface area (TPSA) is 45.7 Å². The van der Waals surface area contributed by atoms with E-state index in [0.717, 1.165) is 61.0 Å². The Labute approximate surface area is 158 Å². The largest absolute Gasteiger partial charge is 0.497 e. The van der Waals surface area contributed by atoms with E-state index >= 15 is 0 Å². The second-order valence-corrected chi connectivity index (χ2v) is 8.49. The van der Waals surface area contributed by atoms with Crippen molar-refractivity contribution in [3.05, 3.63) is 45.9 Å². The molecule has 0 saturated carbocycles. The van der Waals surface area contributed by atoms with Crippen molar-refractivity contribution in [3.63, 3.8) is 0 Å². The van der Waals surface area contributed by atoms with E-state index in [1.165, 1.54) is 0 Å². The van der Waals surface area contributed by atoms with Crippen LogP contribution >= 0.6 is 11.3 Å². The first-order valence-electron chi connectivity index (χ1n) is 9.14. The van der Waals surface area contributed by atoms with Crippen LogP contribution in [0.15, 0.2) is 29.6 Å². The monoisotopic (exact) mass is 371 g/mol. The Kier molecular flexibility index (Phi) is 4.71. The third-order valence-electron chi connectivity index (χ3n) is 5.59. The zero-order chi connectivity index (χ0) is 18.1. The quantitative estimate of drug-likeness (QED) is 0.810. The molecular formula is C20H25N3O2S. The second-order valence-electron chi connectivity index (χ2n) is 7.43. The van der Waals surface area contributed by atoms with Crippen molar-refractivity contribution < 1.29 is 9.53 Å². The Morgan fingerprint density at radius 2 is 2.12 bits per heavy atom. The third kappa shape index (κ3) is 3.35. The molecule has 138 valence electrons. The number of nitrogens with zero attached hydrogens (tertiary/aromatic N) is 3. The molecule has 0 radical (unpaired) electrons. The number of carbonyl (C=O) groups excluding carboxylic acids is 1. The Hall–Kier alpha value is -1.92. The Bertz CT molecular complexity index is 806. The van der Waals surface area contributed by atoms with Crippen LogP contribution in [-0.2, 0) is 17.9 Å². The van der Waals surface area contributed by atoms with Crippen LogP contribution < -0.4 is 4.74 Å². The highest BCUT2D eigenvalue weighted by atomic mass is 32.1. The van der Waals surface area contributed by atoms with Gasteiger partial charge < -0.3 is 9.64 Å². The number of rotatable bonds is 5. The molecule has 0 N–H and O–H groups in total. The number of aromatic nitrogens is 1. The van der Waals surface area contributed by atoms with E-state index < -0.39 is 0 Å². The van der Waals surface area contributed by atoms with Gasteiger partial charge in [0, 0.05) is 31.6 Å². The lowest BCUT2D eigenvalue weighted by Crippen LogP contribution is -2.36. The number of methoxy groups -OCH3 is 1. The molecule has 0 bridgehead atoms. The molecule has 2 saturated heterocycles. The molecule has 5 nitrogen and oxygen atoms in total. The zero-order valence-electron chi connectivity index (χ0n) is 15.4. The van der Waals surface area contributed by atoms with Crippen molar-refractivity contribution in [1.82, 2.24) is 14.8 Å². The summed E-state index contributed by atoms with van der Waals surface area (Å²) in [7, 11) is 1.67. The molecule has 1 atom stereocenters. The van der Waals surface area contributed by atoms with Gasteiger partial charge in [-0.25, -0.2) is 4.98 Å². The van der Waals surface area contributed by atoms with Crippen molar-refractivity contribution >= 4 is 17.2 Å². The van der Waals surface area contributed by atoms with Gasteiger partial charge in [0.1, 0.15) is 5.75 Å². The molecule has 1 amide bonds. The van der Waals surface area contributed by atoms with Crippen molar-refractivity contribution in [1.29, 1.82) is 0 Å². The van der Waals surface area contributed by atoms with Gasteiger partial charge in [-0.1, -0.05) is 12.1 Å². The second kappa shape index (κ2) is 7.00. The lowest BCUT2D eigenvalue weighted by atomic mass is 9.85. The van der Waals surface area contributed by atoms with Crippen LogP contribution in [0.1, 0.15) is 29.1 Å². The average Bonchev–Trinajstić information content (AvgIpc) is 3.32. The number of carbonyl (C=O) groups is 1. The van der Waals surface area contributed by atoms with Crippen molar-refractivity contribution in [2.75, 3.05) is 26.7 Å². The summed E-state index contributed by atoms with van der Waals surface area (Å²) in [4.78, 5) is 22.1. The van der Waals surface area contributed by atoms with E-state index in [4.69, 9.17) is 4.74 Å². The molecule has 6 heteroatoms. The number of benzene rings is 1. The maximum Gasteiger partial charge on any atom is 0.230 e. The highest BCUT2D eigenvalue weighted by molar-refractivity contribution is 7.09. The molecule has 3 heterocycles. The minimum absolute atomic E-state index is 0.191. The molecule has 2 aromatic rings. The fourth-order valence-corrected chi connectivity index (χ4v) is 4.82. The Morgan fingerprint density at radius 3 is 2.88 bits per heavy atom. The smallest absolute Gasteiger partial charge is 0.230 e. The first kappa shape index (κ1) is 17.5. The molecule has 4 rings (SSSR count). The van der Waals surface area contributed by atoms with Gasteiger partial charge in [0.25, 0.3) is 0 Å². The standard InChI is InChI=1S/C20H25N3O2S/c1-15-21-17(13-26-15)12-22-8-6-20(14-22)7-9-23(19(20)24)11-16-4-3-5-18(10-16)25-2/h3-5,10,13H,6-9,11-12,14H2,1-2H3/t20-/m0/s1. The zero-order valence-corrected chi connectivity index (χ0v) is 16.2. The molecule has 1 aromatic heterocycles. The summed E-state index contributed by atoms with van der Waals surface area (Å²) in [5.74, 6) is 1.16. The lowest BCUT2D eigenvalue weighted by Gasteiger charge is -2.23. The molecule has 1 spiro atoms. The molecule has 1 aromatic carbocycles. The van der Waals surface area contributed by atoms with Crippen LogP contribution in [0.4, 0.5) is 0 Å². The van der Waals surface area contributed by atoms with Gasteiger partial charge in [0.15, 0.2) is 0 Å². The average molecular weight is 372 g/mol. The van der Waals surface area contributed by atoms with Crippen molar-refractivity contribution in [2.24, 2.45) is 5.41 Å². The highest BCUT2D eigenvalue weighted by Gasteiger charge is 2.50. The molecule has 0 aliphatic carbocycles. The van der Waals surface area contributed by atoms with E-state index in [9.17, 15) is 4.79 Å². The number of hydrogen-bond acceptors (Lipinski definition) is 5. The number of ether oxygens (including phenoxy) is 1. The van der Waals surface area contributed by atoms with Gasteiger partial charge in [-0.05, 0) is 44.0 Å². The van der Waals surface area contributed by atoms with Gasteiger partial charge >= 0.3 is 0 Å². The van der Waals surface area contributed by atoms with E-state index in [-0.39, 0.29) is 5.41 Å². The van der Waals surface area contributed by atoms with E-state index in [0.29, 0.717) is 12.5 Å². The number of likely N-dealkylation sites (tertiary alicyclic amines) is 2. The summed E-state index contributed by atoms with van der Waals surface area (Å²) in [6, 6.07) is 8.00. The molecule has 2 aliphatic rings. The highest BCUT2D eigenvalue weighted by Crippen LogP contribution is 2.41. The summed E-state index contributed by atoms with van der Waals surface area (Å²) in [6.07, 6.45) is 1.92. The Morgan fingerprint density at radius 1 is 1.27 bits per heavy atom. The SMILES string of the molecule is COc1cccc(CN2CC[C@]3(CCN(Cc4csc(C)n4)C3)C2=O)c1. The number of amides is 1.